The van der Waals surface area contributed by atoms with Crippen molar-refractivity contribution in [3.8, 4) is 0 Å². The van der Waals surface area contributed by atoms with Gasteiger partial charge in [-0.2, -0.15) is 4.98 Å². The lowest BCUT2D eigenvalue weighted by atomic mass is 9.77. The van der Waals surface area contributed by atoms with Gasteiger partial charge in [-0.25, -0.2) is 4.39 Å². The number of hydrogen-bond acceptors (Lipinski definition) is 4. The third-order valence-electron chi connectivity index (χ3n) is 4.08. The summed E-state index contributed by atoms with van der Waals surface area (Å²) in [7, 11) is 0. The summed E-state index contributed by atoms with van der Waals surface area (Å²) in [5, 5.41) is 4.00. The normalized spacial score (nSPS) is 17.7. The van der Waals surface area contributed by atoms with Crippen molar-refractivity contribution < 1.29 is 8.91 Å². The number of nitrogens with two attached hydrogens (primary N) is 1. The van der Waals surface area contributed by atoms with Gasteiger partial charge in [0.05, 0.1) is 5.54 Å². The van der Waals surface area contributed by atoms with E-state index in [2.05, 4.69) is 17.1 Å². The zero-order valence-electron chi connectivity index (χ0n) is 11.9. The van der Waals surface area contributed by atoms with E-state index in [0.717, 1.165) is 24.8 Å². The third kappa shape index (κ3) is 3.24. The number of nitrogens with zero attached hydrogens (tertiary/aromatic N) is 2. The molecule has 0 bridgehead atoms. The van der Waals surface area contributed by atoms with E-state index in [4.69, 9.17) is 10.3 Å². The molecule has 1 aliphatic carbocycles. The molecule has 0 radical (unpaired) electrons. The number of halogens is 2. The molecular formula is C15H19ClFN3O. The van der Waals surface area contributed by atoms with Gasteiger partial charge in [0.1, 0.15) is 5.82 Å². The molecule has 1 unspecified atom stereocenters. The van der Waals surface area contributed by atoms with Crippen molar-refractivity contribution >= 4 is 12.4 Å². The summed E-state index contributed by atoms with van der Waals surface area (Å²) < 4.78 is 18.2. The van der Waals surface area contributed by atoms with E-state index in [1.165, 1.54) is 12.1 Å². The molecule has 1 atom stereocenters. The zero-order valence-corrected chi connectivity index (χ0v) is 12.7. The van der Waals surface area contributed by atoms with Crippen LogP contribution in [-0.4, -0.2) is 10.1 Å². The molecule has 114 valence electrons. The van der Waals surface area contributed by atoms with Crippen molar-refractivity contribution in [1.82, 2.24) is 10.1 Å². The van der Waals surface area contributed by atoms with Crippen molar-refractivity contribution in [2.45, 2.75) is 44.1 Å². The van der Waals surface area contributed by atoms with Gasteiger partial charge in [0.25, 0.3) is 0 Å². The summed E-state index contributed by atoms with van der Waals surface area (Å²) in [5.74, 6) is 1.17. The maximum atomic E-state index is 12.9. The molecule has 1 heterocycles. The minimum absolute atomic E-state index is 0. The molecule has 2 N–H and O–H groups in total. The molecule has 2 aromatic rings. The molecule has 0 spiro atoms. The van der Waals surface area contributed by atoms with Crippen LogP contribution < -0.4 is 5.73 Å². The Morgan fingerprint density at radius 2 is 2.00 bits per heavy atom. The van der Waals surface area contributed by atoms with Crippen LogP contribution in [0.25, 0.3) is 0 Å². The Morgan fingerprint density at radius 1 is 1.33 bits per heavy atom. The van der Waals surface area contributed by atoms with Gasteiger partial charge < -0.3 is 10.3 Å². The molecule has 1 fully saturated rings. The van der Waals surface area contributed by atoms with E-state index in [1.807, 2.05) is 0 Å². The van der Waals surface area contributed by atoms with E-state index in [0.29, 0.717) is 18.1 Å². The van der Waals surface area contributed by atoms with Gasteiger partial charge in [-0.05, 0) is 42.9 Å². The Morgan fingerprint density at radius 3 is 2.57 bits per heavy atom. The quantitative estimate of drug-likeness (QED) is 0.940. The fraction of sp³-hybridized carbons (Fsp3) is 0.467. The molecule has 21 heavy (non-hydrogen) atoms. The lowest BCUT2D eigenvalue weighted by Crippen LogP contribution is -2.44. The average molecular weight is 312 g/mol. The average Bonchev–Trinajstić information content (AvgIpc) is 2.85. The largest absolute Gasteiger partial charge is 0.339 e. The predicted molar refractivity (Wildman–Crippen MR) is 79.8 cm³/mol. The highest BCUT2D eigenvalue weighted by atomic mass is 35.5. The molecule has 1 aromatic carbocycles. The lowest BCUT2D eigenvalue weighted by Gasteiger charge is -2.34. The van der Waals surface area contributed by atoms with Crippen molar-refractivity contribution in [1.29, 1.82) is 0 Å². The second-order valence-electron chi connectivity index (χ2n) is 5.68. The van der Waals surface area contributed by atoms with Crippen molar-refractivity contribution in [2.24, 2.45) is 5.73 Å². The zero-order chi connectivity index (χ0) is 14.2. The topological polar surface area (TPSA) is 64.9 Å². The Kier molecular flexibility index (Phi) is 4.64. The Labute approximate surface area is 129 Å². The summed E-state index contributed by atoms with van der Waals surface area (Å²) in [5.41, 5.74) is 6.83. The SMILES string of the molecule is CC(Cc1nc(C2(N)CCC2)no1)c1ccc(F)cc1.Cl. The minimum Gasteiger partial charge on any atom is -0.339 e. The van der Waals surface area contributed by atoms with Gasteiger partial charge in [-0.1, -0.05) is 24.2 Å². The molecule has 6 heteroatoms. The van der Waals surface area contributed by atoms with E-state index in [1.54, 1.807) is 12.1 Å². The van der Waals surface area contributed by atoms with Gasteiger partial charge in [0.15, 0.2) is 5.82 Å². The van der Waals surface area contributed by atoms with E-state index < -0.39 is 0 Å². The number of aromatic nitrogens is 2. The minimum atomic E-state index is -0.388. The summed E-state index contributed by atoms with van der Waals surface area (Å²) in [6.45, 7) is 2.05. The Bertz CT molecular complexity index is 595. The highest BCUT2D eigenvalue weighted by molar-refractivity contribution is 5.85. The second kappa shape index (κ2) is 6.12. The van der Waals surface area contributed by atoms with Crippen molar-refractivity contribution in [3.05, 3.63) is 47.4 Å². The first kappa shape index (κ1) is 15.9. The Balaban J connectivity index is 0.00000161. The predicted octanol–water partition coefficient (Wildman–Crippen LogP) is 3.31. The molecule has 1 saturated carbocycles. The van der Waals surface area contributed by atoms with Crippen LogP contribution >= 0.6 is 12.4 Å². The van der Waals surface area contributed by atoms with Crippen LogP contribution in [0.1, 0.15) is 49.4 Å². The molecular weight excluding hydrogens is 293 g/mol. The molecule has 0 saturated heterocycles. The van der Waals surface area contributed by atoms with Gasteiger partial charge >= 0.3 is 0 Å². The van der Waals surface area contributed by atoms with Crippen LogP contribution in [0.15, 0.2) is 28.8 Å². The summed E-state index contributed by atoms with van der Waals surface area (Å²) in [4.78, 5) is 4.41. The standard InChI is InChI=1S/C15H18FN3O.ClH/c1-10(11-3-5-12(16)6-4-11)9-13-18-14(19-20-13)15(17)7-2-8-15;/h3-6,10H,2,7-9,17H2,1H3;1H. The summed E-state index contributed by atoms with van der Waals surface area (Å²) >= 11 is 0. The number of hydrogen-bond donors (Lipinski definition) is 1. The van der Waals surface area contributed by atoms with E-state index >= 15 is 0 Å². The molecule has 1 aromatic heterocycles. The molecule has 4 nitrogen and oxygen atoms in total. The van der Waals surface area contributed by atoms with Crippen LogP contribution in [0, 0.1) is 5.82 Å². The third-order valence-corrected chi connectivity index (χ3v) is 4.08. The second-order valence-corrected chi connectivity index (χ2v) is 5.68. The fourth-order valence-electron chi connectivity index (χ4n) is 2.49. The first-order valence-electron chi connectivity index (χ1n) is 6.94. The Hall–Kier alpha value is -1.46. The molecule has 0 aliphatic heterocycles. The highest BCUT2D eigenvalue weighted by Crippen LogP contribution is 2.37. The molecule has 3 rings (SSSR count). The van der Waals surface area contributed by atoms with Gasteiger partial charge in [-0.15, -0.1) is 12.4 Å². The first-order chi connectivity index (χ1) is 9.57. The van der Waals surface area contributed by atoms with Crippen LogP contribution in [-0.2, 0) is 12.0 Å². The van der Waals surface area contributed by atoms with E-state index in [9.17, 15) is 4.39 Å². The van der Waals surface area contributed by atoms with Crippen molar-refractivity contribution in [3.63, 3.8) is 0 Å². The smallest absolute Gasteiger partial charge is 0.227 e. The number of rotatable bonds is 4. The van der Waals surface area contributed by atoms with Crippen LogP contribution in [0.2, 0.25) is 0 Å². The molecule has 1 aliphatic rings. The maximum Gasteiger partial charge on any atom is 0.227 e. The lowest BCUT2D eigenvalue weighted by molar-refractivity contribution is 0.229. The maximum absolute atomic E-state index is 12.9. The van der Waals surface area contributed by atoms with Gasteiger partial charge in [-0.3, -0.25) is 0 Å². The van der Waals surface area contributed by atoms with Crippen molar-refractivity contribution in [2.75, 3.05) is 0 Å². The highest BCUT2D eigenvalue weighted by Gasteiger charge is 2.39. The summed E-state index contributed by atoms with van der Waals surface area (Å²) in [6.07, 6.45) is 3.58. The number of benzene rings is 1. The van der Waals surface area contributed by atoms with E-state index in [-0.39, 0.29) is 29.7 Å². The monoisotopic (exact) mass is 311 g/mol. The molecule has 0 amide bonds. The first-order valence-corrected chi connectivity index (χ1v) is 6.94. The van der Waals surface area contributed by atoms with Crippen LogP contribution in [0.3, 0.4) is 0 Å². The van der Waals surface area contributed by atoms with Gasteiger partial charge in [0.2, 0.25) is 5.89 Å². The fourth-order valence-corrected chi connectivity index (χ4v) is 2.49. The summed E-state index contributed by atoms with van der Waals surface area (Å²) in [6, 6.07) is 6.50. The van der Waals surface area contributed by atoms with Crippen LogP contribution in [0.5, 0.6) is 0 Å². The van der Waals surface area contributed by atoms with Crippen LogP contribution in [0.4, 0.5) is 4.39 Å². The van der Waals surface area contributed by atoms with Gasteiger partial charge in [0, 0.05) is 6.42 Å².